The maximum absolute atomic E-state index is 12.2. The summed E-state index contributed by atoms with van der Waals surface area (Å²) in [5.74, 6) is 0.269. The molecule has 0 atom stereocenters. The molecule has 1 amide bonds. The zero-order valence-electron chi connectivity index (χ0n) is 13.3. The van der Waals surface area contributed by atoms with E-state index in [9.17, 15) is 4.79 Å². The second kappa shape index (κ2) is 6.80. The third-order valence-corrected chi connectivity index (χ3v) is 3.88. The minimum absolute atomic E-state index is 0.243. The van der Waals surface area contributed by atoms with Gasteiger partial charge in [0.2, 0.25) is 0 Å². The summed E-state index contributed by atoms with van der Waals surface area (Å²) in [4.78, 5) is 12.2. The summed E-state index contributed by atoms with van der Waals surface area (Å²) < 4.78 is 1.69. The van der Waals surface area contributed by atoms with E-state index >= 15 is 0 Å². The summed E-state index contributed by atoms with van der Waals surface area (Å²) in [5.41, 5.74) is 2.95. The van der Waals surface area contributed by atoms with E-state index in [0.717, 1.165) is 17.0 Å². The molecule has 2 heterocycles. The lowest BCUT2D eigenvalue weighted by Crippen LogP contribution is -2.24. The van der Waals surface area contributed by atoms with Gasteiger partial charge < -0.3 is 5.32 Å². The smallest absolute Gasteiger partial charge is 0.272 e. The molecule has 0 spiro atoms. The van der Waals surface area contributed by atoms with Crippen molar-refractivity contribution >= 4 is 17.5 Å². The van der Waals surface area contributed by atoms with Crippen molar-refractivity contribution < 1.29 is 4.79 Å². The minimum atomic E-state index is -0.303. The quantitative estimate of drug-likeness (QED) is 0.792. The third-order valence-electron chi connectivity index (χ3n) is 3.51. The molecule has 6 nitrogen and oxygen atoms in total. The molecule has 0 aliphatic rings. The van der Waals surface area contributed by atoms with E-state index in [0.29, 0.717) is 17.4 Å². The Morgan fingerprint density at radius 1 is 1.17 bits per heavy atom. The van der Waals surface area contributed by atoms with Gasteiger partial charge in [-0.25, -0.2) is 4.68 Å². The first-order valence-corrected chi connectivity index (χ1v) is 7.81. The molecular weight excluding hydrogens is 326 g/mol. The van der Waals surface area contributed by atoms with Crippen LogP contribution in [0.25, 0.3) is 5.82 Å². The predicted octanol–water partition coefficient (Wildman–Crippen LogP) is 2.86. The molecule has 1 aromatic carbocycles. The molecule has 0 fully saturated rings. The highest BCUT2D eigenvalue weighted by atomic mass is 35.5. The molecule has 7 heteroatoms. The first kappa shape index (κ1) is 16.1. The number of carbonyl (C=O) groups excluding carboxylic acids is 1. The molecule has 0 unspecified atom stereocenters. The minimum Gasteiger partial charge on any atom is -0.347 e. The van der Waals surface area contributed by atoms with Crippen LogP contribution in [0.4, 0.5) is 0 Å². The Labute approximate surface area is 144 Å². The summed E-state index contributed by atoms with van der Waals surface area (Å²) in [7, 11) is 0. The lowest BCUT2D eigenvalue weighted by Gasteiger charge is -2.07. The van der Waals surface area contributed by atoms with Gasteiger partial charge in [-0.15, -0.1) is 10.2 Å². The number of benzene rings is 1. The number of nitrogens with one attached hydrogen (secondary N) is 1. The molecule has 3 aromatic rings. The van der Waals surface area contributed by atoms with Crippen LogP contribution in [0.2, 0.25) is 5.02 Å². The fourth-order valence-electron chi connectivity index (χ4n) is 2.33. The number of hydrogen-bond donors (Lipinski definition) is 1. The van der Waals surface area contributed by atoms with Crippen LogP contribution in [0, 0.1) is 13.8 Å². The van der Waals surface area contributed by atoms with Crippen molar-refractivity contribution in [2.75, 3.05) is 0 Å². The summed E-state index contributed by atoms with van der Waals surface area (Å²) >= 11 is 6.07. The molecule has 3 rings (SSSR count). The van der Waals surface area contributed by atoms with E-state index in [4.69, 9.17) is 11.6 Å². The standard InChI is InChI=1S/C17H16ClN5O/c1-11-9-12(2)23(22-11)16-8-7-15(20-21-16)17(24)19-10-13-5-3-4-6-14(13)18/h3-9H,10H2,1-2H3,(H,19,24). The van der Waals surface area contributed by atoms with Gasteiger partial charge in [-0.2, -0.15) is 5.10 Å². The topological polar surface area (TPSA) is 72.7 Å². The van der Waals surface area contributed by atoms with E-state index in [1.165, 1.54) is 0 Å². The molecule has 0 bridgehead atoms. The van der Waals surface area contributed by atoms with Crippen LogP contribution in [-0.4, -0.2) is 25.9 Å². The van der Waals surface area contributed by atoms with Crippen molar-refractivity contribution in [2.24, 2.45) is 0 Å². The van der Waals surface area contributed by atoms with Crippen molar-refractivity contribution in [3.63, 3.8) is 0 Å². The van der Waals surface area contributed by atoms with E-state index in [1.807, 2.05) is 38.1 Å². The zero-order valence-corrected chi connectivity index (χ0v) is 14.1. The first-order chi connectivity index (χ1) is 11.5. The van der Waals surface area contributed by atoms with Crippen LogP contribution in [0.15, 0.2) is 42.5 Å². The summed E-state index contributed by atoms with van der Waals surface area (Å²) in [6.07, 6.45) is 0. The van der Waals surface area contributed by atoms with Crippen molar-refractivity contribution in [3.8, 4) is 5.82 Å². The SMILES string of the molecule is Cc1cc(C)n(-c2ccc(C(=O)NCc3ccccc3Cl)nn2)n1. The van der Waals surface area contributed by atoms with Gasteiger partial charge in [0.15, 0.2) is 11.5 Å². The summed E-state index contributed by atoms with van der Waals surface area (Å²) in [6, 6.07) is 12.7. The Kier molecular flexibility index (Phi) is 4.57. The summed E-state index contributed by atoms with van der Waals surface area (Å²) in [6.45, 7) is 4.18. The number of halogens is 1. The second-order valence-corrected chi connectivity index (χ2v) is 5.80. The normalized spacial score (nSPS) is 10.6. The molecular formula is C17H16ClN5O. The molecule has 1 N–H and O–H groups in total. The van der Waals surface area contributed by atoms with Gasteiger partial charge in [0.1, 0.15) is 0 Å². The van der Waals surface area contributed by atoms with Crippen LogP contribution < -0.4 is 5.32 Å². The Balaban J connectivity index is 1.70. The number of hydrogen-bond acceptors (Lipinski definition) is 4. The van der Waals surface area contributed by atoms with Crippen LogP contribution in [-0.2, 0) is 6.54 Å². The Bertz CT molecular complexity index is 873. The van der Waals surface area contributed by atoms with Crippen molar-refractivity contribution in [1.82, 2.24) is 25.3 Å². The van der Waals surface area contributed by atoms with Crippen molar-refractivity contribution in [2.45, 2.75) is 20.4 Å². The fourth-order valence-corrected chi connectivity index (χ4v) is 2.53. The predicted molar refractivity (Wildman–Crippen MR) is 91.3 cm³/mol. The lowest BCUT2D eigenvalue weighted by atomic mass is 10.2. The molecule has 122 valence electrons. The van der Waals surface area contributed by atoms with Crippen LogP contribution >= 0.6 is 11.6 Å². The van der Waals surface area contributed by atoms with Gasteiger partial charge in [0, 0.05) is 17.3 Å². The maximum atomic E-state index is 12.2. The molecule has 0 radical (unpaired) electrons. The third kappa shape index (κ3) is 3.44. The Hall–Kier alpha value is -2.73. The van der Waals surface area contributed by atoms with Gasteiger partial charge in [0.25, 0.3) is 5.91 Å². The van der Waals surface area contributed by atoms with Gasteiger partial charge in [-0.05, 0) is 43.7 Å². The summed E-state index contributed by atoms with van der Waals surface area (Å²) in [5, 5.41) is 15.8. The highest BCUT2D eigenvalue weighted by Crippen LogP contribution is 2.14. The molecule has 2 aromatic heterocycles. The first-order valence-electron chi connectivity index (χ1n) is 7.43. The number of nitrogens with zero attached hydrogens (tertiary/aromatic N) is 4. The average Bonchev–Trinajstić information content (AvgIpc) is 2.92. The van der Waals surface area contributed by atoms with Gasteiger partial charge in [-0.3, -0.25) is 4.79 Å². The molecule has 0 aliphatic heterocycles. The van der Waals surface area contributed by atoms with E-state index in [-0.39, 0.29) is 11.6 Å². The Morgan fingerprint density at radius 3 is 2.58 bits per heavy atom. The van der Waals surface area contributed by atoms with Crippen LogP contribution in [0.3, 0.4) is 0 Å². The molecule has 0 aliphatic carbocycles. The number of aromatic nitrogens is 4. The lowest BCUT2D eigenvalue weighted by molar-refractivity contribution is 0.0945. The van der Waals surface area contributed by atoms with Crippen molar-refractivity contribution in [1.29, 1.82) is 0 Å². The molecule has 0 saturated heterocycles. The van der Waals surface area contributed by atoms with E-state index in [2.05, 4.69) is 20.6 Å². The maximum Gasteiger partial charge on any atom is 0.272 e. The number of aryl methyl sites for hydroxylation is 2. The molecule has 0 saturated carbocycles. The van der Waals surface area contributed by atoms with Gasteiger partial charge in [-0.1, -0.05) is 29.8 Å². The number of rotatable bonds is 4. The van der Waals surface area contributed by atoms with Gasteiger partial charge in [0.05, 0.1) is 5.69 Å². The second-order valence-electron chi connectivity index (χ2n) is 5.39. The highest BCUT2D eigenvalue weighted by molar-refractivity contribution is 6.31. The zero-order chi connectivity index (χ0) is 17.1. The molecule has 24 heavy (non-hydrogen) atoms. The van der Waals surface area contributed by atoms with E-state index in [1.54, 1.807) is 22.9 Å². The largest absolute Gasteiger partial charge is 0.347 e. The highest BCUT2D eigenvalue weighted by Gasteiger charge is 2.11. The fraction of sp³-hybridized carbons (Fsp3) is 0.176. The average molecular weight is 342 g/mol. The van der Waals surface area contributed by atoms with Gasteiger partial charge >= 0.3 is 0 Å². The van der Waals surface area contributed by atoms with E-state index < -0.39 is 0 Å². The van der Waals surface area contributed by atoms with Crippen LogP contribution in [0.1, 0.15) is 27.4 Å². The van der Waals surface area contributed by atoms with Crippen molar-refractivity contribution in [3.05, 3.63) is 70.1 Å². The van der Waals surface area contributed by atoms with Crippen LogP contribution in [0.5, 0.6) is 0 Å². The number of carbonyl (C=O) groups is 1. The Morgan fingerprint density at radius 2 is 1.96 bits per heavy atom. The number of amides is 1. The monoisotopic (exact) mass is 341 g/mol.